The first-order valence-electron chi connectivity index (χ1n) is 7.49. The lowest BCUT2D eigenvalue weighted by atomic mass is 9.74. The van der Waals surface area contributed by atoms with Crippen molar-refractivity contribution in [3.63, 3.8) is 0 Å². The minimum Gasteiger partial charge on any atom is -0.468 e. The molecule has 1 aliphatic carbocycles. The van der Waals surface area contributed by atoms with Crippen LogP contribution in [0.15, 0.2) is 34.1 Å². The number of hydrogen-bond donors (Lipinski definition) is 1. The number of hydrogen-bond acceptors (Lipinski definition) is 5. The van der Waals surface area contributed by atoms with Crippen LogP contribution in [0.5, 0.6) is 0 Å². The number of ketones is 1. The topological polar surface area (TPSA) is 55.4 Å². The average molecular weight is 396 g/mol. The van der Waals surface area contributed by atoms with Gasteiger partial charge in [-0.2, -0.15) is 0 Å². The van der Waals surface area contributed by atoms with E-state index in [4.69, 9.17) is 4.74 Å². The van der Waals surface area contributed by atoms with Gasteiger partial charge in [0.2, 0.25) is 0 Å². The summed E-state index contributed by atoms with van der Waals surface area (Å²) in [5.41, 5.74) is 2.25. The highest BCUT2D eigenvalue weighted by atomic mass is 79.9. The summed E-state index contributed by atoms with van der Waals surface area (Å²) in [4.78, 5) is 27.1. The van der Waals surface area contributed by atoms with Crippen LogP contribution >= 0.6 is 27.3 Å². The highest BCUT2D eigenvalue weighted by molar-refractivity contribution is 9.10. The van der Waals surface area contributed by atoms with Crippen molar-refractivity contribution in [2.24, 2.45) is 5.92 Å². The molecule has 2 aliphatic rings. The number of Topliss-reactive ketones (excluding diaryl/α,β-unsaturated/α-hetero) is 1. The third-order valence-electron chi connectivity index (χ3n) is 4.43. The van der Waals surface area contributed by atoms with Gasteiger partial charge in [0.15, 0.2) is 5.78 Å². The van der Waals surface area contributed by atoms with Crippen molar-refractivity contribution in [3.8, 4) is 0 Å². The van der Waals surface area contributed by atoms with Crippen LogP contribution in [0.4, 0.5) is 0 Å². The number of methoxy groups -OCH3 is 1. The predicted octanol–water partition coefficient (Wildman–Crippen LogP) is 3.82. The number of allylic oxidation sites excluding steroid dienone is 2. The first-order valence-corrected chi connectivity index (χ1v) is 9.10. The molecule has 1 aromatic rings. The molecule has 0 radical (unpaired) electrons. The van der Waals surface area contributed by atoms with Gasteiger partial charge in [0.05, 0.1) is 7.11 Å². The number of thiophene rings is 1. The van der Waals surface area contributed by atoms with Crippen LogP contribution in [-0.2, 0) is 14.3 Å². The summed E-state index contributed by atoms with van der Waals surface area (Å²) in [5, 5.41) is 3.19. The molecule has 1 N–H and O–H groups in total. The predicted molar refractivity (Wildman–Crippen MR) is 93.2 cm³/mol. The highest BCUT2D eigenvalue weighted by Gasteiger charge is 2.44. The summed E-state index contributed by atoms with van der Waals surface area (Å²) in [6.45, 7) is 6.03. The van der Waals surface area contributed by atoms with Crippen LogP contribution in [0, 0.1) is 12.8 Å². The van der Waals surface area contributed by atoms with Crippen LogP contribution in [0.1, 0.15) is 34.9 Å². The van der Waals surface area contributed by atoms with Crippen molar-refractivity contribution < 1.29 is 14.3 Å². The lowest BCUT2D eigenvalue weighted by Gasteiger charge is -2.37. The largest absolute Gasteiger partial charge is 0.468 e. The van der Waals surface area contributed by atoms with Gasteiger partial charge in [0.25, 0.3) is 0 Å². The number of esters is 1. The Kier molecular flexibility index (Phi) is 4.47. The number of halogens is 1. The Balaban J connectivity index is 2.18. The molecule has 0 saturated carbocycles. The fourth-order valence-corrected chi connectivity index (χ4v) is 5.05. The third kappa shape index (κ3) is 2.78. The van der Waals surface area contributed by atoms with Crippen LogP contribution in [0.2, 0.25) is 0 Å². The maximum Gasteiger partial charge on any atom is 0.315 e. The van der Waals surface area contributed by atoms with Crippen molar-refractivity contribution >= 4 is 39.0 Å². The van der Waals surface area contributed by atoms with Crippen LogP contribution in [0.3, 0.4) is 0 Å². The average Bonchev–Trinajstić information content (AvgIpc) is 2.84. The van der Waals surface area contributed by atoms with Gasteiger partial charge in [-0.3, -0.25) is 9.59 Å². The summed E-state index contributed by atoms with van der Waals surface area (Å²) in [7, 11) is 1.37. The number of ether oxygens (including phenoxy) is 1. The molecule has 2 unspecified atom stereocenters. The van der Waals surface area contributed by atoms with Gasteiger partial charge in [0, 0.05) is 43.5 Å². The lowest BCUT2D eigenvalue weighted by Crippen LogP contribution is -2.40. The standard InChI is InChI=1S/C17H18BrNO3S/c1-8-14(17(21)22-3)16(13-7-10(18)9(2)23-13)15-11(19-8)5-4-6-12(15)20/h7,14,16,19H,1,4-6H2,2-3H3. The quantitative estimate of drug-likeness (QED) is 0.773. The first-order chi connectivity index (χ1) is 10.9. The lowest BCUT2D eigenvalue weighted by molar-refractivity contribution is -0.144. The summed E-state index contributed by atoms with van der Waals surface area (Å²) >= 11 is 5.13. The molecular formula is C17H18BrNO3S. The normalized spacial score (nSPS) is 24.3. The molecule has 0 fully saturated rings. The van der Waals surface area contributed by atoms with E-state index in [1.54, 1.807) is 11.3 Å². The van der Waals surface area contributed by atoms with Crippen molar-refractivity contribution in [1.82, 2.24) is 5.32 Å². The molecule has 4 nitrogen and oxygen atoms in total. The van der Waals surface area contributed by atoms with Gasteiger partial charge in [0.1, 0.15) is 5.92 Å². The van der Waals surface area contributed by atoms with E-state index in [1.165, 1.54) is 7.11 Å². The maximum absolute atomic E-state index is 12.6. The molecule has 3 rings (SSSR count). The molecule has 1 aliphatic heterocycles. The van der Waals surface area contributed by atoms with Gasteiger partial charge in [-0.1, -0.05) is 6.58 Å². The molecule has 0 saturated heterocycles. The fraction of sp³-hybridized carbons (Fsp3) is 0.412. The van der Waals surface area contributed by atoms with Crippen molar-refractivity contribution in [2.45, 2.75) is 32.1 Å². The summed E-state index contributed by atoms with van der Waals surface area (Å²) < 4.78 is 5.98. The second kappa shape index (κ2) is 6.24. The number of carbonyl (C=O) groups is 2. The molecule has 122 valence electrons. The third-order valence-corrected chi connectivity index (χ3v) is 6.64. The van der Waals surface area contributed by atoms with E-state index in [0.717, 1.165) is 38.3 Å². The Hall–Kier alpha value is -1.40. The molecule has 0 bridgehead atoms. The minimum absolute atomic E-state index is 0.118. The summed E-state index contributed by atoms with van der Waals surface area (Å²) in [6.07, 6.45) is 2.18. The van der Waals surface area contributed by atoms with Gasteiger partial charge in [-0.15, -0.1) is 11.3 Å². The molecule has 0 spiro atoms. The number of aryl methyl sites for hydroxylation is 1. The minimum atomic E-state index is -0.578. The molecular weight excluding hydrogens is 378 g/mol. The van der Waals surface area contributed by atoms with E-state index in [0.29, 0.717) is 12.1 Å². The summed E-state index contributed by atoms with van der Waals surface area (Å²) in [6, 6.07) is 2.01. The molecule has 1 aromatic heterocycles. The van der Waals surface area contributed by atoms with E-state index in [-0.39, 0.29) is 17.7 Å². The second-order valence-corrected chi connectivity index (χ2v) is 7.99. The van der Waals surface area contributed by atoms with Crippen molar-refractivity contribution in [2.75, 3.05) is 7.11 Å². The zero-order chi connectivity index (χ0) is 16.7. The molecule has 23 heavy (non-hydrogen) atoms. The SMILES string of the molecule is C=C1NC2=C(C(=O)CCC2)C(c2cc(Br)c(C)s2)C1C(=O)OC. The van der Waals surface area contributed by atoms with Gasteiger partial charge >= 0.3 is 5.97 Å². The second-order valence-electron chi connectivity index (χ2n) is 5.85. The molecule has 6 heteroatoms. The van der Waals surface area contributed by atoms with E-state index in [9.17, 15) is 9.59 Å². The molecule has 2 heterocycles. The van der Waals surface area contributed by atoms with Crippen LogP contribution in [-0.4, -0.2) is 18.9 Å². The van der Waals surface area contributed by atoms with E-state index < -0.39 is 5.92 Å². The first kappa shape index (κ1) is 16.5. The van der Waals surface area contributed by atoms with Crippen molar-refractivity contribution in [1.29, 1.82) is 0 Å². The molecule has 0 amide bonds. The van der Waals surface area contributed by atoms with E-state index >= 15 is 0 Å². The van der Waals surface area contributed by atoms with Crippen LogP contribution in [0.25, 0.3) is 0 Å². The Bertz CT molecular complexity index is 715. The molecule has 0 aromatic carbocycles. The van der Waals surface area contributed by atoms with Crippen LogP contribution < -0.4 is 5.32 Å². The fourth-order valence-electron chi connectivity index (χ4n) is 3.34. The van der Waals surface area contributed by atoms with Gasteiger partial charge in [-0.25, -0.2) is 0 Å². The summed E-state index contributed by atoms with van der Waals surface area (Å²) in [5.74, 6) is -1.13. The zero-order valence-electron chi connectivity index (χ0n) is 13.1. The van der Waals surface area contributed by atoms with Crippen molar-refractivity contribution in [3.05, 3.63) is 43.8 Å². The smallest absolute Gasteiger partial charge is 0.315 e. The number of nitrogens with one attached hydrogen (secondary N) is 1. The Morgan fingerprint density at radius 3 is 2.83 bits per heavy atom. The zero-order valence-corrected chi connectivity index (χ0v) is 15.5. The Morgan fingerprint density at radius 1 is 1.48 bits per heavy atom. The monoisotopic (exact) mass is 395 g/mol. The van der Waals surface area contributed by atoms with Gasteiger partial charge in [-0.05, 0) is 41.8 Å². The number of carbonyl (C=O) groups excluding carboxylic acids is 2. The van der Waals surface area contributed by atoms with E-state index in [2.05, 4.69) is 27.8 Å². The highest BCUT2D eigenvalue weighted by Crippen LogP contribution is 2.47. The Labute approximate surface area is 147 Å². The Morgan fingerprint density at radius 2 is 2.22 bits per heavy atom. The number of rotatable bonds is 2. The van der Waals surface area contributed by atoms with E-state index in [1.807, 2.05) is 13.0 Å². The maximum atomic E-state index is 12.6. The molecule has 2 atom stereocenters. The van der Waals surface area contributed by atoms with Gasteiger partial charge < -0.3 is 10.1 Å².